The summed E-state index contributed by atoms with van der Waals surface area (Å²) in [7, 11) is 0. The third-order valence-electron chi connectivity index (χ3n) is 3.88. The fourth-order valence-corrected chi connectivity index (χ4v) is 2.85. The Bertz CT molecular complexity index is 516. The van der Waals surface area contributed by atoms with Gasteiger partial charge in [-0.15, -0.1) is 0 Å². The predicted molar refractivity (Wildman–Crippen MR) is 72.4 cm³/mol. The summed E-state index contributed by atoms with van der Waals surface area (Å²) in [5.41, 5.74) is 2.90. The Labute approximate surface area is 108 Å². The quantitative estimate of drug-likeness (QED) is 0.761. The molecule has 3 heteroatoms. The van der Waals surface area contributed by atoms with Gasteiger partial charge in [0, 0.05) is 24.0 Å². The molecule has 1 saturated carbocycles. The number of nitrogens with zero attached hydrogens (tertiary/aromatic N) is 3. The van der Waals surface area contributed by atoms with Crippen LogP contribution in [0.2, 0.25) is 0 Å². The van der Waals surface area contributed by atoms with Gasteiger partial charge >= 0.3 is 0 Å². The van der Waals surface area contributed by atoms with Gasteiger partial charge in [-0.2, -0.15) is 0 Å². The molecule has 0 amide bonds. The highest BCUT2D eigenvalue weighted by molar-refractivity contribution is 5.68. The minimum Gasteiger partial charge on any atom is -0.251 e. The lowest BCUT2D eigenvalue weighted by molar-refractivity contribution is 0.450. The minimum absolute atomic E-state index is 0.622. The van der Waals surface area contributed by atoms with Crippen molar-refractivity contribution in [2.45, 2.75) is 50.9 Å². The molecule has 18 heavy (non-hydrogen) atoms. The van der Waals surface area contributed by atoms with Gasteiger partial charge in [0.2, 0.25) is 0 Å². The van der Waals surface area contributed by atoms with Crippen LogP contribution in [0, 0.1) is 0 Å². The van der Waals surface area contributed by atoms with Gasteiger partial charge in [0.15, 0.2) is 5.65 Å². The predicted octanol–water partition coefficient (Wildman–Crippen LogP) is 3.85. The Kier molecular flexibility index (Phi) is 3.49. The van der Waals surface area contributed by atoms with Crippen LogP contribution in [-0.4, -0.2) is 15.0 Å². The molecule has 0 spiro atoms. The molecule has 94 valence electrons. The summed E-state index contributed by atoms with van der Waals surface area (Å²) in [6, 6.07) is 4.20. The number of fused-ring (bicyclic) bond motifs is 1. The van der Waals surface area contributed by atoms with Crippen molar-refractivity contribution in [1.29, 1.82) is 0 Å². The van der Waals surface area contributed by atoms with Crippen LogP contribution in [0.4, 0.5) is 0 Å². The van der Waals surface area contributed by atoms with Crippen molar-refractivity contribution < 1.29 is 0 Å². The lowest BCUT2D eigenvalue weighted by Gasteiger charge is -2.19. The Balaban J connectivity index is 1.87. The third kappa shape index (κ3) is 2.50. The summed E-state index contributed by atoms with van der Waals surface area (Å²) in [6.45, 7) is 0. The van der Waals surface area contributed by atoms with E-state index in [1.807, 2.05) is 0 Å². The molecule has 0 unspecified atom stereocenters. The van der Waals surface area contributed by atoms with Crippen LogP contribution in [0.1, 0.15) is 56.6 Å². The van der Waals surface area contributed by atoms with Crippen LogP contribution in [0.5, 0.6) is 0 Å². The maximum absolute atomic E-state index is 4.70. The number of rotatable bonds is 1. The first-order valence-electron chi connectivity index (χ1n) is 7.01. The van der Waals surface area contributed by atoms with Gasteiger partial charge in [-0.3, -0.25) is 4.98 Å². The van der Waals surface area contributed by atoms with Crippen LogP contribution in [0.15, 0.2) is 24.5 Å². The fraction of sp³-hybridized carbons (Fsp3) is 0.533. The number of hydrogen-bond acceptors (Lipinski definition) is 3. The van der Waals surface area contributed by atoms with E-state index in [1.165, 1.54) is 50.6 Å². The largest absolute Gasteiger partial charge is 0.251 e. The van der Waals surface area contributed by atoms with E-state index >= 15 is 0 Å². The summed E-state index contributed by atoms with van der Waals surface area (Å²) in [5, 5.41) is 0. The average molecular weight is 241 g/mol. The fourth-order valence-electron chi connectivity index (χ4n) is 2.85. The smallest absolute Gasteiger partial charge is 0.178 e. The zero-order valence-corrected chi connectivity index (χ0v) is 10.7. The van der Waals surface area contributed by atoms with E-state index in [0.717, 1.165) is 11.2 Å². The molecule has 0 aromatic carbocycles. The van der Waals surface area contributed by atoms with Crippen LogP contribution >= 0.6 is 0 Å². The first-order valence-corrected chi connectivity index (χ1v) is 7.01. The highest BCUT2D eigenvalue weighted by Crippen LogP contribution is 2.30. The van der Waals surface area contributed by atoms with Gasteiger partial charge in [-0.1, -0.05) is 32.1 Å². The molecule has 0 N–H and O–H groups in total. The van der Waals surface area contributed by atoms with E-state index < -0.39 is 0 Å². The summed E-state index contributed by atoms with van der Waals surface area (Å²) >= 11 is 0. The van der Waals surface area contributed by atoms with Gasteiger partial charge in [-0.05, 0) is 25.0 Å². The van der Waals surface area contributed by atoms with Gasteiger partial charge in [-0.25, -0.2) is 9.97 Å². The molecule has 0 atom stereocenters. The molecule has 0 radical (unpaired) electrons. The van der Waals surface area contributed by atoms with Crippen LogP contribution in [0.25, 0.3) is 11.2 Å². The Hall–Kier alpha value is -1.51. The van der Waals surface area contributed by atoms with Crippen LogP contribution in [0.3, 0.4) is 0 Å². The molecule has 0 saturated heterocycles. The SMILES string of the molecule is c1cnc2nc(C3CCCCCCC3)ccc2n1. The van der Waals surface area contributed by atoms with Crippen molar-refractivity contribution in [3.8, 4) is 0 Å². The van der Waals surface area contributed by atoms with Crippen molar-refractivity contribution in [2.75, 3.05) is 0 Å². The minimum atomic E-state index is 0.622. The molecule has 1 fully saturated rings. The first-order chi connectivity index (χ1) is 8.93. The monoisotopic (exact) mass is 241 g/mol. The molecule has 3 nitrogen and oxygen atoms in total. The second-order valence-corrected chi connectivity index (χ2v) is 5.18. The average Bonchev–Trinajstić information content (AvgIpc) is 2.38. The summed E-state index contributed by atoms with van der Waals surface area (Å²) in [6.07, 6.45) is 12.8. The molecule has 3 rings (SSSR count). The molecule has 2 aromatic rings. The van der Waals surface area contributed by atoms with Crippen molar-refractivity contribution in [3.05, 3.63) is 30.2 Å². The summed E-state index contributed by atoms with van der Waals surface area (Å²) < 4.78 is 0. The molecular weight excluding hydrogens is 222 g/mol. The van der Waals surface area contributed by atoms with Crippen LogP contribution in [-0.2, 0) is 0 Å². The van der Waals surface area contributed by atoms with Gasteiger partial charge < -0.3 is 0 Å². The molecule has 1 aliphatic rings. The third-order valence-corrected chi connectivity index (χ3v) is 3.88. The van der Waals surface area contributed by atoms with Crippen molar-refractivity contribution in [3.63, 3.8) is 0 Å². The van der Waals surface area contributed by atoms with Crippen molar-refractivity contribution in [2.24, 2.45) is 0 Å². The van der Waals surface area contributed by atoms with E-state index in [-0.39, 0.29) is 0 Å². The van der Waals surface area contributed by atoms with Crippen molar-refractivity contribution >= 4 is 11.2 Å². The molecule has 2 heterocycles. The number of aromatic nitrogens is 3. The maximum Gasteiger partial charge on any atom is 0.178 e. The number of pyridine rings is 1. The highest BCUT2D eigenvalue weighted by atomic mass is 14.9. The van der Waals surface area contributed by atoms with E-state index in [4.69, 9.17) is 4.98 Å². The summed E-state index contributed by atoms with van der Waals surface area (Å²) in [4.78, 5) is 13.3. The second kappa shape index (κ2) is 5.42. The highest BCUT2D eigenvalue weighted by Gasteiger charge is 2.15. The normalized spacial score (nSPS) is 18.4. The van der Waals surface area contributed by atoms with E-state index in [2.05, 4.69) is 22.1 Å². The Morgan fingerprint density at radius 3 is 2.39 bits per heavy atom. The lowest BCUT2D eigenvalue weighted by Crippen LogP contribution is -2.05. The molecule has 2 aromatic heterocycles. The first kappa shape index (κ1) is 11.6. The van der Waals surface area contributed by atoms with Gasteiger partial charge in [0.25, 0.3) is 0 Å². The maximum atomic E-state index is 4.70. The van der Waals surface area contributed by atoms with Crippen molar-refractivity contribution in [1.82, 2.24) is 15.0 Å². The zero-order valence-electron chi connectivity index (χ0n) is 10.7. The van der Waals surface area contributed by atoms with Gasteiger partial charge in [0.1, 0.15) is 5.52 Å². The Morgan fingerprint density at radius 1 is 0.833 bits per heavy atom. The molecular formula is C15H19N3. The van der Waals surface area contributed by atoms with E-state index in [9.17, 15) is 0 Å². The topological polar surface area (TPSA) is 38.7 Å². The number of hydrogen-bond donors (Lipinski definition) is 0. The van der Waals surface area contributed by atoms with E-state index in [1.54, 1.807) is 12.4 Å². The second-order valence-electron chi connectivity index (χ2n) is 5.18. The van der Waals surface area contributed by atoms with E-state index in [0.29, 0.717) is 5.92 Å². The molecule has 1 aliphatic carbocycles. The zero-order chi connectivity index (χ0) is 12.2. The summed E-state index contributed by atoms with van der Waals surface area (Å²) in [5.74, 6) is 0.622. The van der Waals surface area contributed by atoms with Crippen LogP contribution < -0.4 is 0 Å². The Morgan fingerprint density at radius 2 is 1.56 bits per heavy atom. The molecule has 0 bridgehead atoms. The van der Waals surface area contributed by atoms with Gasteiger partial charge in [0.05, 0.1) is 0 Å². The molecule has 0 aliphatic heterocycles. The standard InChI is InChI=1S/C15H19N3/c1-2-4-6-12(7-5-3-1)13-8-9-14-15(18-13)17-11-10-16-14/h8-12H,1-7H2. The lowest BCUT2D eigenvalue weighted by atomic mass is 9.88.